The molecular weight excluding hydrogens is 407 g/mol. The monoisotopic (exact) mass is 417 g/mol. The van der Waals surface area contributed by atoms with Gasteiger partial charge in [-0.1, -0.05) is 0 Å². The van der Waals surface area contributed by atoms with Gasteiger partial charge in [0.1, 0.15) is 6.67 Å². The highest BCUT2D eigenvalue weighted by Crippen LogP contribution is 2.34. The van der Waals surface area contributed by atoms with Crippen LogP contribution in [-0.2, 0) is 12.8 Å². The number of nitrogens with one attached hydrogen (secondary N) is 2. The molecule has 0 unspecified atom stereocenters. The fourth-order valence-corrected chi connectivity index (χ4v) is 2.42. The van der Waals surface area contributed by atoms with Gasteiger partial charge in [0, 0.05) is 12.4 Å². The molecule has 0 aliphatic carbocycles. The van der Waals surface area contributed by atoms with Crippen LogP contribution in [0.3, 0.4) is 0 Å². The smallest absolute Gasteiger partial charge is 0.317 e. The van der Waals surface area contributed by atoms with Crippen molar-refractivity contribution in [2.75, 3.05) is 5.32 Å². The van der Waals surface area contributed by atoms with E-state index in [1.54, 1.807) is 17.1 Å². The number of hydrogen-bond donors (Lipinski definition) is 2. The summed E-state index contributed by atoms with van der Waals surface area (Å²) in [5, 5.41) is 15.7. The van der Waals surface area contributed by atoms with Crippen molar-refractivity contribution < 1.29 is 18.0 Å². The predicted octanol–water partition coefficient (Wildman–Crippen LogP) is 2.65. The van der Waals surface area contributed by atoms with Gasteiger partial charge in [-0.3, -0.25) is 14.6 Å². The first-order valence-electron chi connectivity index (χ1n) is 6.89. The minimum absolute atomic E-state index is 0.0278. The van der Waals surface area contributed by atoms with Crippen LogP contribution < -0.4 is 5.32 Å². The molecule has 0 fully saturated rings. The SMILES string of the molecule is Cc1[nH]nc(C(F)(F)F)c1NC(=O)c1ccn(Cn2cc(Br)cn2)n1. The average molecular weight is 418 g/mol. The molecule has 3 aromatic rings. The molecule has 0 aromatic carbocycles. The van der Waals surface area contributed by atoms with E-state index in [0.29, 0.717) is 0 Å². The van der Waals surface area contributed by atoms with Crippen LogP contribution >= 0.6 is 15.9 Å². The van der Waals surface area contributed by atoms with E-state index < -0.39 is 23.5 Å². The van der Waals surface area contributed by atoms with Gasteiger partial charge in [-0.15, -0.1) is 0 Å². The lowest BCUT2D eigenvalue weighted by molar-refractivity contribution is -0.140. The number of anilines is 1. The zero-order valence-electron chi connectivity index (χ0n) is 12.7. The number of halogens is 4. The number of aromatic amines is 1. The molecule has 8 nitrogen and oxygen atoms in total. The number of aromatic nitrogens is 6. The van der Waals surface area contributed by atoms with Gasteiger partial charge in [0.2, 0.25) is 0 Å². The van der Waals surface area contributed by atoms with Crippen molar-refractivity contribution in [2.45, 2.75) is 19.8 Å². The van der Waals surface area contributed by atoms with Gasteiger partial charge in [-0.2, -0.15) is 28.5 Å². The van der Waals surface area contributed by atoms with E-state index in [0.717, 1.165) is 4.47 Å². The zero-order chi connectivity index (χ0) is 18.2. The van der Waals surface area contributed by atoms with Crippen LogP contribution in [0.1, 0.15) is 21.9 Å². The number of rotatable bonds is 4. The lowest BCUT2D eigenvalue weighted by Crippen LogP contribution is -2.18. The Morgan fingerprint density at radius 3 is 2.80 bits per heavy atom. The molecular formula is C13H11BrF3N7O. The van der Waals surface area contributed by atoms with E-state index in [2.05, 4.69) is 41.6 Å². The number of carbonyl (C=O) groups is 1. The Balaban J connectivity index is 1.76. The number of carbonyl (C=O) groups excluding carboxylic acids is 1. The Kier molecular flexibility index (Phi) is 4.37. The van der Waals surface area contributed by atoms with Gasteiger partial charge in [-0.05, 0) is 28.9 Å². The molecule has 25 heavy (non-hydrogen) atoms. The van der Waals surface area contributed by atoms with Crippen LogP contribution in [0.5, 0.6) is 0 Å². The third-order valence-corrected chi connectivity index (χ3v) is 3.63. The summed E-state index contributed by atoms with van der Waals surface area (Å²) >= 11 is 3.26. The molecule has 0 radical (unpaired) electrons. The van der Waals surface area contributed by atoms with Gasteiger partial charge in [0.25, 0.3) is 5.91 Å². The first-order chi connectivity index (χ1) is 11.7. The molecule has 0 bridgehead atoms. The summed E-state index contributed by atoms with van der Waals surface area (Å²) in [5.74, 6) is -0.768. The Bertz CT molecular complexity index is 911. The molecule has 3 heterocycles. The highest BCUT2D eigenvalue weighted by Gasteiger charge is 2.38. The first kappa shape index (κ1) is 17.2. The van der Waals surface area contributed by atoms with Gasteiger partial charge in [0.15, 0.2) is 11.4 Å². The second kappa shape index (κ2) is 6.35. The van der Waals surface area contributed by atoms with Crippen LogP contribution in [0.4, 0.5) is 18.9 Å². The number of nitrogens with zero attached hydrogens (tertiary/aromatic N) is 5. The molecule has 3 aromatic heterocycles. The summed E-state index contributed by atoms with van der Waals surface area (Å²) in [6.45, 7) is 1.63. The minimum Gasteiger partial charge on any atom is -0.317 e. The van der Waals surface area contributed by atoms with E-state index in [1.807, 2.05) is 0 Å². The van der Waals surface area contributed by atoms with Crippen LogP contribution in [0.25, 0.3) is 0 Å². The number of aryl methyl sites for hydroxylation is 1. The molecule has 1 amide bonds. The molecule has 0 saturated carbocycles. The van der Waals surface area contributed by atoms with Gasteiger partial charge < -0.3 is 5.32 Å². The Labute approximate surface area is 147 Å². The van der Waals surface area contributed by atoms with E-state index in [-0.39, 0.29) is 18.1 Å². The summed E-state index contributed by atoms with van der Waals surface area (Å²) in [4.78, 5) is 12.2. The molecule has 3 rings (SSSR count). The van der Waals surface area contributed by atoms with E-state index in [9.17, 15) is 18.0 Å². The van der Waals surface area contributed by atoms with E-state index in [1.165, 1.54) is 23.9 Å². The molecule has 0 atom stereocenters. The van der Waals surface area contributed by atoms with Crippen molar-refractivity contribution >= 4 is 27.5 Å². The van der Waals surface area contributed by atoms with Crippen molar-refractivity contribution in [3.05, 3.63) is 46.2 Å². The van der Waals surface area contributed by atoms with Crippen LogP contribution in [0.15, 0.2) is 29.1 Å². The predicted molar refractivity (Wildman–Crippen MR) is 83.8 cm³/mol. The van der Waals surface area contributed by atoms with Crippen LogP contribution in [0.2, 0.25) is 0 Å². The zero-order valence-corrected chi connectivity index (χ0v) is 14.3. The van der Waals surface area contributed by atoms with Crippen LogP contribution in [-0.4, -0.2) is 35.7 Å². The maximum Gasteiger partial charge on any atom is 0.437 e. The normalized spacial score (nSPS) is 11.7. The fourth-order valence-electron chi connectivity index (χ4n) is 2.09. The van der Waals surface area contributed by atoms with Crippen LogP contribution in [0, 0.1) is 6.92 Å². The molecule has 0 aliphatic rings. The Hall–Kier alpha value is -2.63. The summed E-state index contributed by atoms with van der Waals surface area (Å²) in [5.41, 5.74) is -1.52. The van der Waals surface area contributed by atoms with Crippen molar-refractivity contribution in [1.82, 2.24) is 29.8 Å². The fraction of sp³-hybridized carbons (Fsp3) is 0.231. The molecule has 0 aliphatic heterocycles. The summed E-state index contributed by atoms with van der Waals surface area (Å²) in [6, 6.07) is 1.40. The van der Waals surface area contributed by atoms with Crippen molar-refractivity contribution in [1.29, 1.82) is 0 Å². The summed E-state index contributed by atoms with van der Waals surface area (Å²) in [7, 11) is 0. The molecule has 2 N–H and O–H groups in total. The average Bonchev–Trinajstić information content (AvgIpc) is 3.21. The third-order valence-electron chi connectivity index (χ3n) is 3.22. The first-order valence-corrected chi connectivity index (χ1v) is 7.68. The topological polar surface area (TPSA) is 93.4 Å². The van der Waals surface area contributed by atoms with Crippen molar-refractivity contribution in [3.8, 4) is 0 Å². The maximum absolute atomic E-state index is 12.9. The molecule has 12 heteroatoms. The van der Waals surface area contributed by atoms with Gasteiger partial charge in [-0.25, -0.2) is 4.68 Å². The third kappa shape index (κ3) is 3.73. The molecule has 0 spiro atoms. The lowest BCUT2D eigenvalue weighted by atomic mass is 10.2. The summed E-state index contributed by atoms with van der Waals surface area (Å²) in [6.07, 6.45) is 0.154. The largest absolute Gasteiger partial charge is 0.437 e. The van der Waals surface area contributed by atoms with Crippen molar-refractivity contribution in [3.63, 3.8) is 0 Å². The van der Waals surface area contributed by atoms with E-state index in [4.69, 9.17) is 0 Å². The van der Waals surface area contributed by atoms with Crippen molar-refractivity contribution in [2.24, 2.45) is 0 Å². The quantitative estimate of drug-likeness (QED) is 0.682. The molecule has 132 valence electrons. The highest BCUT2D eigenvalue weighted by molar-refractivity contribution is 9.10. The summed E-state index contributed by atoms with van der Waals surface area (Å²) < 4.78 is 42.5. The van der Waals surface area contributed by atoms with Gasteiger partial charge in [0.05, 0.1) is 22.1 Å². The van der Waals surface area contributed by atoms with E-state index >= 15 is 0 Å². The standard InChI is InChI=1S/C13H11BrF3N7O/c1-7-10(11(21-20-7)13(15,16)17)19-12(25)9-2-3-23(22-9)6-24-5-8(14)4-18-24/h2-5H,6H2,1H3,(H,19,25)(H,20,21). The maximum atomic E-state index is 12.9. The highest BCUT2D eigenvalue weighted by atomic mass is 79.9. The lowest BCUT2D eigenvalue weighted by Gasteiger charge is -2.08. The Morgan fingerprint density at radius 2 is 2.16 bits per heavy atom. The number of hydrogen-bond acceptors (Lipinski definition) is 4. The Morgan fingerprint density at radius 1 is 1.40 bits per heavy atom. The molecule has 0 saturated heterocycles. The number of H-pyrrole nitrogens is 1. The second-order valence-corrected chi connectivity index (χ2v) is 6.02. The number of alkyl halides is 3. The minimum atomic E-state index is -4.68. The second-order valence-electron chi connectivity index (χ2n) is 5.10. The number of amides is 1. The van der Waals surface area contributed by atoms with Gasteiger partial charge >= 0.3 is 6.18 Å².